The molecule has 1 fully saturated rings. The van der Waals surface area contributed by atoms with Crippen LogP contribution in [0.1, 0.15) is 45.2 Å². The van der Waals surface area contributed by atoms with Crippen molar-refractivity contribution in [1.29, 1.82) is 0 Å². The third-order valence-corrected chi connectivity index (χ3v) is 4.63. The molecular weight excluding hydrogens is 302 g/mol. The standard InChI is InChI=1S/C18H25N5O/c1-3-5-13-7-10-23(11-8-13)17-19-9-6-14(20-17)12-16-15(4-2)21-18(24)22-16/h4,6,9,12-13H,3,5,7-8,10-11H2,1-2H3,(H2,21,22,24). The summed E-state index contributed by atoms with van der Waals surface area (Å²) < 4.78 is 0. The van der Waals surface area contributed by atoms with E-state index in [1.807, 2.05) is 25.1 Å². The second-order valence-electron chi connectivity index (χ2n) is 6.34. The Labute approximate surface area is 141 Å². The van der Waals surface area contributed by atoms with Gasteiger partial charge in [-0.1, -0.05) is 25.8 Å². The van der Waals surface area contributed by atoms with E-state index in [-0.39, 0.29) is 5.69 Å². The average molecular weight is 327 g/mol. The fraction of sp³-hybridized carbons (Fsp3) is 0.500. The van der Waals surface area contributed by atoms with E-state index in [0.717, 1.165) is 41.3 Å². The van der Waals surface area contributed by atoms with Crippen molar-refractivity contribution in [2.24, 2.45) is 5.92 Å². The lowest BCUT2D eigenvalue weighted by Crippen LogP contribution is -2.35. The van der Waals surface area contributed by atoms with E-state index in [0.29, 0.717) is 0 Å². The third-order valence-electron chi connectivity index (χ3n) is 4.63. The van der Waals surface area contributed by atoms with E-state index in [1.165, 1.54) is 25.7 Å². The second kappa shape index (κ2) is 7.47. The maximum atomic E-state index is 11.5. The van der Waals surface area contributed by atoms with Crippen molar-refractivity contribution in [3.63, 3.8) is 0 Å². The molecule has 1 saturated heterocycles. The van der Waals surface area contributed by atoms with E-state index < -0.39 is 0 Å². The number of H-pyrrole nitrogens is 2. The van der Waals surface area contributed by atoms with Crippen LogP contribution in [-0.4, -0.2) is 33.0 Å². The maximum absolute atomic E-state index is 11.5. The van der Waals surface area contributed by atoms with Gasteiger partial charge in [0.2, 0.25) is 5.95 Å². The first-order valence-electron chi connectivity index (χ1n) is 8.74. The van der Waals surface area contributed by atoms with Crippen LogP contribution in [0.3, 0.4) is 0 Å². The van der Waals surface area contributed by atoms with Gasteiger partial charge in [-0.15, -0.1) is 0 Å². The number of aromatic amines is 2. The molecule has 0 radical (unpaired) electrons. The van der Waals surface area contributed by atoms with E-state index >= 15 is 0 Å². The quantitative estimate of drug-likeness (QED) is 0.883. The fourth-order valence-electron chi connectivity index (χ4n) is 3.32. The van der Waals surface area contributed by atoms with Crippen LogP contribution < -0.4 is 21.3 Å². The summed E-state index contributed by atoms with van der Waals surface area (Å²) in [6, 6.07) is 1.86. The first-order chi connectivity index (χ1) is 11.7. The molecule has 24 heavy (non-hydrogen) atoms. The van der Waals surface area contributed by atoms with Crippen molar-refractivity contribution >= 4 is 18.1 Å². The Morgan fingerprint density at radius 3 is 2.75 bits per heavy atom. The molecule has 6 nitrogen and oxygen atoms in total. The summed E-state index contributed by atoms with van der Waals surface area (Å²) >= 11 is 0. The summed E-state index contributed by atoms with van der Waals surface area (Å²) in [5.74, 6) is 1.62. The van der Waals surface area contributed by atoms with Gasteiger partial charge < -0.3 is 14.9 Å². The van der Waals surface area contributed by atoms with E-state index in [1.54, 1.807) is 6.20 Å². The van der Waals surface area contributed by atoms with Gasteiger partial charge in [-0.3, -0.25) is 0 Å². The van der Waals surface area contributed by atoms with Gasteiger partial charge in [-0.2, -0.15) is 0 Å². The van der Waals surface area contributed by atoms with Crippen LogP contribution in [0.25, 0.3) is 12.2 Å². The topological polar surface area (TPSA) is 77.7 Å². The Bertz CT molecular complexity index is 843. The van der Waals surface area contributed by atoms with Gasteiger partial charge in [0.15, 0.2) is 0 Å². The summed E-state index contributed by atoms with van der Waals surface area (Å²) in [7, 11) is 0. The first kappa shape index (κ1) is 16.5. The van der Waals surface area contributed by atoms with Gasteiger partial charge in [0.05, 0.1) is 16.4 Å². The molecule has 2 aromatic heterocycles. The van der Waals surface area contributed by atoms with Crippen LogP contribution in [0, 0.1) is 5.92 Å². The molecule has 0 unspecified atom stereocenters. The van der Waals surface area contributed by atoms with Crippen LogP contribution in [0.15, 0.2) is 17.1 Å². The number of aromatic nitrogens is 4. The second-order valence-corrected chi connectivity index (χ2v) is 6.34. The van der Waals surface area contributed by atoms with Crippen LogP contribution >= 0.6 is 0 Å². The minimum Gasteiger partial charge on any atom is -0.341 e. The molecule has 1 aliphatic heterocycles. The predicted molar refractivity (Wildman–Crippen MR) is 96.2 cm³/mol. The van der Waals surface area contributed by atoms with Crippen molar-refractivity contribution in [3.8, 4) is 0 Å². The van der Waals surface area contributed by atoms with Crippen LogP contribution in [-0.2, 0) is 0 Å². The maximum Gasteiger partial charge on any atom is 0.323 e. The monoisotopic (exact) mass is 327 g/mol. The summed E-state index contributed by atoms with van der Waals surface area (Å²) in [6.45, 7) is 6.18. The molecule has 3 rings (SSSR count). The normalized spacial score (nSPS) is 17.7. The Morgan fingerprint density at radius 1 is 1.29 bits per heavy atom. The fourth-order valence-corrected chi connectivity index (χ4v) is 3.32. The third kappa shape index (κ3) is 3.75. The number of rotatable bonds is 4. The van der Waals surface area contributed by atoms with E-state index in [9.17, 15) is 4.79 Å². The SMILES string of the molecule is CC=c1[nH]c(=O)[nH]c1=Cc1ccnc(N2CCC(CCC)CC2)n1. The number of piperidine rings is 1. The highest BCUT2D eigenvalue weighted by Gasteiger charge is 2.20. The lowest BCUT2D eigenvalue weighted by Gasteiger charge is -2.31. The Morgan fingerprint density at radius 2 is 2.04 bits per heavy atom. The number of nitrogens with one attached hydrogen (secondary N) is 2. The highest BCUT2D eigenvalue weighted by molar-refractivity contribution is 5.46. The first-order valence-corrected chi connectivity index (χ1v) is 8.74. The molecule has 0 bridgehead atoms. The molecule has 3 heterocycles. The summed E-state index contributed by atoms with van der Waals surface area (Å²) in [5, 5.41) is 1.52. The number of hydrogen-bond donors (Lipinski definition) is 2. The van der Waals surface area contributed by atoms with Crippen LogP contribution in [0.2, 0.25) is 0 Å². The minimum atomic E-state index is -0.207. The Balaban J connectivity index is 1.81. The van der Waals surface area contributed by atoms with Gasteiger partial charge in [0.25, 0.3) is 0 Å². The molecule has 0 spiro atoms. The van der Waals surface area contributed by atoms with Crippen molar-refractivity contribution in [2.75, 3.05) is 18.0 Å². The van der Waals surface area contributed by atoms with E-state index in [2.05, 4.69) is 31.8 Å². The van der Waals surface area contributed by atoms with Crippen molar-refractivity contribution in [2.45, 2.75) is 39.5 Å². The molecule has 6 heteroatoms. The molecule has 0 atom stereocenters. The van der Waals surface area contributed by atoms with Gasteiger partial charge in [-0.25, -0.2) is 14.8 Å². The highest BCUT2D eigenvalue weighted by Crippen LogP contribution is 2.23. The highest BCUT2D eigenvalue weighted by atomic mass is 16.1. The lowest BCUT2D eigenvalue weighted by molar-refractivity contribution is 0.376. The Hall–Kier alpha value is -2.37. The summed E-state index contributed by atoms with van der Waals surface area (Å²) in [4.78, 5) is 28.4. The zero-order valence-electron chi connectivity index (χ0n) is 14.4. The van der Waals surface area contributed by atoms with Gasteiger partial charge in [0, 0.05) is 19.3 Å². The zero-order valence-corrected chi connectivity index (χ0v) is 14.4. The molecule has 0 aromatic carbocycles. The molecule has 1 aliphatic rings. The summed E-state index contributed by atoms with van der Waals surface area (Å²) in [5.41, 5.74) is 0.593. The minimum absolute atomic E-state index is 0.207. The molecule has 0 saturated carbocycles. The van der Waals surface area contributed by atoms with Gasteiger partial charge in [-0.05, 0) is 37.8 Å². The number of hydrogen-bond acceptors (Lipinski definition) is 4. The average Bonchev–Trinajstić information content (AvgIpc) is 2.95. The van der Waals surface area contributed by atoms with E-state index in [4.69, 9.17) is 0 Å². The number of nitrogens with zero attached hydrogens (tertiary/aromatic N) is 3. The van der Waals surface area contributed by atoms with Gasteiger partial charge in [0.1, 0.15) is 0 Å². The zero-order chi connectivity index (χ0) is 16.9. The molecule has 0 amide bonds. The Kier molecular flexibility index (Phi) is 5.13. The number of anilines is 1. The molecular formula is C18H25N5O. The lowest BCUT2D eigenvalue weighted by atomic mass is 9.93. The number of imidazole rings is 1. The molecule has 0 aliphatic carbocycles. The smallest absolute Gasteiger partial charge is 0.323 e. The van der Waals surface area contributed by atoms with Crippen molar-refractivity contribution < 1.29 is 0 Å². The molecule has 2 N–H and O–H groups in total. The van der Waals surface area contributed by atoms with Crippen LogP contribution in [0.5, 0.6) is 0 Å². The van der Waals surface area contributed by atoms with Crippen molar-refractivity contribution in [3.05, 3.63) is 39.1 Å². The molecule has 128 valence electrons. The van der Waals surface area contributed by atoms with Gasteiger partial charge >= 0.3 is 5.69 Å². The van der Waals surface area contributed by atoms with Crippen LogP contribution in [0.4, 0.5) is 5.95 Å². The van der Waals surface area contributed by atoms with Crippen molar-refractivity contribution in [1.82, 2.24) is 19.9 Å². The predicted octanol–water partition coefficient (Wildman–Crippen LogP) is 1.14. The summed E-state index contributed by atoms with van der Waals surface area (Å²) in [6.07, 6.45) is 10.5. The molecule has 2 aromatic rings. The largest absolute Gasteiger partial charge is 0.341 e.